The Morgan fingerprint density at radius 3 is 1.91 bits per heavy atom. The lowest BCUT2D eigenvalue weighted by Gasteiger charge is -2.31. The van der Waals surface area contributed by atoms with Gasteiger partial charge in [-0.15, -0.1) is 0 Å². The molecule has 0 fully saturated rings. The van der Waals surface area contributed by atoms with Gasteiger partial charge < -0.3 is 28.4 Å². The van der Waals surface area contributed by atoms with Crippen LogP contribution in [0.25, 0.3) is 0 Å². The van der Waals surface area contributed by atoms with E-state index < -0.39 is 30.1 Å². The van der Waals surface area contributed by atoms with Crippen LogP contribution in [0.3, 0.4) is 0 Å². The third kappa shape index (κ3) is 7.98. The van der Waals surface area contributed by atoms with Crippen LogP contribution in [0.1, 0.15) is 58.9 Å². The maximum atomic E-state index is 12.9. The van der Waals surface area contributed by atoms with Crippen LogP contribution < -0.4 is 9.47 Å². The van der Waals surface area contributed by atoms with E-state index in [1.807, 2.05) is 13.8 Å². The van der Waals surface area contributed by atoms with Crippen molar-refractivity contribution in [1.29, 1.82) is 0 Å². The van der Waals surface area contributed by atoms with Gasteiger partial charge >= 0.3 is 11.9 Å². The molecule has 0 N–H and O–H groups in total. The summed E-state index contributed by atoms with van der Waals surface area (Å²) in [5.74, 6) is -2.39. The quantitative estimate of drug-likeness (QED) is 0.160. The molecule has 32 heavy (non-hydrogen) atoms. The molecule has 0 spiro atoms. The summed E-state index contributed by atoms with van der Waals surface area (Å²) in [7, 11) is 1.56. The van der Waals surface area contributed by atoms with Gasteiger partial charge in [0.05, 0.1) is 32.8 Å². The molecule has 1 atom stereocenters. The van der Waals surface area contributed by atoms with E-state index in [2.05, 4.69) is 6.92 Å². The van der Waals surface area contributed by atoms with Crippen molar-refractivity contribution in [1.82, 2.24) is 0 Å². The molecule has 0 heterocycles. The number of esters is 2. The van der Waals surface area contributed by atoms with Crippen molar-refractivity contribution in [3.63, 3.8) is 0 Å². The topological polar surface area (TPSA) is 89.5 Å². The molecule has 0 saturated heterocycles. The average molecular weight is 455 g/mol. The Morgan fingerprint density at radius 1 is 0.844 bits per heavy atom. The Bertz CT molecular complexity index is 667. The highest BCUT2D eigenvalue weighted by atomic mass is 16.7. The molecule has 0 aliphatic heterocycles. The molecule has 1 rings (SSSR count). The Hall–Kier alpha value is -2.32. The lowest BCUT2D eigenvalue weighted by Crippen LogP contribution is -2.41. The lowest BCUT2D eigenvalue weighted by molar-refractivity contribution is -0.183. The molecule has 0 amide bonds. The number of ether oxygens (including phenoxy) is 6. The minimum atomic E-state index is -1.27. The fourth-order valence-corrected chi connectivity index (χ4v) is 3.28. The molecule has 0 aromatic heterocycles. The molecule has 0 aliphatic rings. The molecule has 8 heteroatoms. The van der Waals surface area contributed by atoms with E-state index in [1.165, 1.54) is 0 Å². The summed E-state index contributed by atoms with van der Waals surface area (Å²) >= 11 is 0. The van der Waals surface area contributed by atoms with Crippen molar-refractivity contribution in [2.75, 3.05) is 40.1 Å². The zero-order valence-corrected chi connectivity index (χ0v) is 20.2. The van der Waals surface area contributed by atoms with Crippen LogP contribution in [0.2, 0.25) is 0 Å². The molecule has 1 aromatic rings. The van der Waals surface area contributed by atoms with E-state index >= 15 is 0 Å². The number of unbranched alkanes of at least 4 members (excludes halogenated alkanes) is 1. The van der Waals surface area contributed by atoms with E-state index in [9.17, 15) is 9.59 Å². The third-order valence-corrected chi connectivity index (χ3v) is 4.72. The average Bonchev–Trinajstić information content (AvgIpc) is 2.77. The molecule has 1 aromatic carbocycles. The van der Waals surface area contributed by atoms with Crippen LogP contribution >= 0.6 is 0 Å². The molecular formula is C24H38O8. The number of carbonyl (C=O) groups excluding carboxylic acids is 2. The molecule has 0 aliphatic carbocycles. The van der Waals surface area contributed by atoms with Gasteiger partial charge in [0.2, 0.25) is 0 Å². The Kier molecular flexibility index (Phi) is 13.4. The van der Waals surface area contributed by atoms with Crippen molar-refractivity contribution >= 4 is 11.9 Å². The largest absolute Gasteiger partial charge is 0.493 e. The fourth-order valence-electron chi connectivity index (χ4n) is 3.28. The first-order valence-electron chi connectivity index (χ1n) is 11.4. The van der Waals surface area contributed by atoms with E-state index in [4.69, 9.17) is 28.4 Å². The van der Waals surface area contributed by atoms with Crippen molar-refractivity contribution < 1.29 is 38.0 Å². The van der Waals surface area contributed by atoms with Gasteiger partial charge in [0.25, 0.3) is 0 Å². The second-order valence-corrected chi connectivity index (χ2v) is 6.90. The van der Waals surface area contributed by atoms with Crippen molar-refractivity contribution in [2.45, 2.75) is 59.7 Å². The van der Waals surface area contributed by atoms with Crippen molar-refractivity contribution in [2.24, 2.45) is 5.92 Å². The molecule has 8 nitrogen and oxygen atoms in total. The van der Waals surface area contributed by atoms with E-state index in [1.54, 1.807) is 39.2 Å². The van der Waals surface area contributed by atoms with E-state index in [0.29, 0.717) is 36.9 Å². The summed E-state index contributed by atoms with van der Waals surface area (Å²) in [6.07, 6.45) is 0.988. The van der Waals surface area contributed by atoms with E-state index in [0.717, 1.165) is 12.8 Å². The number of hydrogen-bond donors (Lipinski definition) is 0. The molecule has 0 bridgehead atoms. The monoisotopic (exact) mass is 454 g/mol. The third-order valence-electron chi connectivity index (χ3n) is 4.72. The first kappa shape index (κ1) is 27.7. The van der Waals surface area contributed by atoms with Crippen LogP contribution in [0, 0.1) is 5.92 Å². The highest BCUT2D eigenvalue weighted by Crippen LogP contribution is 2.38. The summed E-state index contributed by atoms with van der Waals surface area (Å²) in [6.45, 7) is 10.5. The van der Waals surface area contributed by atoms with Gasteiger partial charge in [0, 0.05) is 13.2 Å². The SMILES string of the molecule is CCCCOc1cc(C(C(OCC)OCC)C(C(=O)OCC)C(=O)OCC)ccc1OC. The molecule has 0 radical (unpaired) electrons. The highest BCUT2D eigenvalue weighted by Gasteiger charge is 2.44. The Balaban J connectivity index is 3.57. The number of hydrogen-bond acceptors (Lipinski definition) is 8. The van der Waals surface area contributed by atoms with Gasteiger partial charge in [0.15, 0.2) is 23.7 Å². The molecule has 1 unspecified atom stereocenters. The van der Waals surface area contributed by atoms with Gasteiger partial charge in [-0.05, 0) is 51.8 Å². The Labute approximate surface area is 191 Å². The predicted molar refractivity (Wildman–Crippen MR) is 120 cm³/mol. The molecular weight excluding hydrogens is 416 g/mol. The minimum absolute atomic E-state index is 0.128. The summed E-state index contributed by atoms with van der Waals surface area (Å²) in [4.78, 5) is 25.8. The first-order valence-corrected chi connectivity index (χ1v) is 11.4. The van der Waals surface area contributed by atoms with Crippen molar-refractivity contribution in [3.8, 4) is 11.5 Å². The standard InChI is InChI=1S/C24H38O8/c1-7-12-15-32-19-16-17(13-14-18(19)27-6)20(24(30-10-4)31-11-5)21(22(25)28-8-2)23(26)29-9-3/h13-14,16,20-21,24H,7-12,15H2,1-6H3. The van der Waals surface area contributed by atoms with Crippen LogP contribution in [-0.2, 0) is 28.5 Å². The number of benzene rings is 1. The lowest BCUT2D eigenvalue weighted by atomic mass is 9.84. The number of rotatable bonds is 16. The minimum Gasteiger partial charge on any atom is -0.493 e. The van der Waals surface area contributed by atoms with Crippen molar-refractivity contribution in [3.05, 3.63) is 23.8 Å². The van der Waals surface area contributed by atoms with Gasteiger partial charge in [-0.2, -0.15) is 0 Å². The fraction of sp³-hybridized carbons (Fsp3) is 0.667. The van der Waals surface area contributed by atoms with Crippen LogP contribution in [0.15, 0.2) is 18.2 Å². The summed E-state index contributed by atoms with van der Waals surface area (Å²) in [6, 6.07) is 5.27. The number of methoxy groups -OCH3 is 1. The molecule has 0 saturated carbocycles. The second-order valence-electron chi connectivity index (χ2n) is 6.90. The van der Waals surface area contributed by atoms with Crippen LogP contribution in [0.4, 0.5) is 0 Å². The summed E-state index contributed by atoms with van der Waals surface area (Å²) < 4.78 is 33.4. The van der Waals surface area contributed by atoms with Crippen LogP contribution in [-0.4, -0.2) is 58.4 Å². The zero-order valence-electron chi connectivity index (χ0n) is 20.2. The normalized spacial score (nSPS) is 12.0. The first-order chi connectivity index (χ1) is 15.5. The maximum absolute atomic E-state index is 12.9. The summed E-state index contributed by atoms with van der Waals surface area (Å²) in [5.41, 5.74) is 0.621. The highest BCUT2D eigenvalue weighted by molar-refractivity contribution is 5.96. The summed E-state index contributed by atoms with van der Waals surface area (Å²) in [5, 5.41) is 0. The van der Waals surface area contributed by atoms with Crippen LogP contribution in [0.5, 0.6) is 11.5 Å². The Morgan fingerprint density at radius 2 is 1.44 bits per heavy atom. The van der Waals surface area contributed by atoms with Gasteiger partial charge in [-0.25, -0.2) is 0 Å². The van der Waals surface area contributed by atoms with Gasteiger partial charge in [-0.1, -0.05) is 19.4 Å². The zero-order chi connectivity index (χ0) is 23.9. The maximum Gasteiger partial charge on any atom is 0.321 e. The smallest absolute Gasteiger partial charge is 0.321 e. The van der Waals surface area contributed by atoms with Gasteiger partial charge in [0.1, 0.15) is 0 Å². The molecule has 182 valence electrons. The second kappa shape index (κ2) is 15.5. The predicted octanol–water partition coefficient (Wildman–Crippen LogP) is 4.10. The van der Waals surface area contributed by atoms with Gasteiger partial charge in [-0.3, -0.25) is 9.59 Å². The van der Waals surface area contributed by atoms with E-state index in [-0.39, 0.29) is 13.2 Å². The number of carbonyl (C=O) groups is 2.